The Bertz CT molecular complexity index is 1270. The monoisotopic (exact) mass is 483 g/mol. The minimum atomic E-state index is -1.03. The Morgan fingerprint density at radius 2 is 2.00 bits per heavy atom. The summed E-state index contributed by atoms with van der Waals surface area (Å²) >= 11 is 1.43. The lowest BCUT2D eigenvalue weighted by molar-refractivity contribution is -0.166. The molecule has 1 saturated heterocycles. The van der Waals surface area contributed by atoms with Crippen molar-refractivity contribution in [1.82, 2.24) is 14.3 Å². The number of amides is 1. The quantitative estimate of drug-likeness (QED) is 0.246. The van der Waals surface area contributed by atoms with Crippen molar-refractivity contribution in [3.05, 3.63) is 59.6 Å². The normalized spacial score (nSPS) is 22.4. The van der Waals surface area contributed by atoms with Gasteiger partial charge in [-0.05, 0) is 19.1 Å². The molecule has 0 saturated carbocycles. The molecule has 4 heterocycles. The molecule has 1 fully saturated rings. The number of nitrogens with zero attached hydrogens (tertiary/aromatic N) is 3. The number of aromatic nitrogens is 2. The molecule has 3 aromatic rings. The van der Waals surface area contributed by atoms with Crippen LogP contribution in [0.25, 0.3) is 10.4 Å². The fraction of sp³-hybridized carbons (Fsp3) is 0.304. The topological polar surface area (TPSA) is 120 Å². The number of fused-ring (bicyclic) bond motifs is 2. The SMILES string of the molecule is C[C@@H](O)[C@H]1C(=O)N2C(C(=O)OCOC(=O)Oc3ccccc3)=C(c3cn4cncc4s3)[C@H](C)[C@H]12. The van der Waals surface area contributed by atoms with Crippen LogP contribution in [0, 0.1) is 11.8 Å². The Hall–Kier alpha value is -3.70. The summed E-state index contributed by atoms with van der Waals surface area (Å²) in [4.78, 5) is 44.9. The van der Waals surface area contributed by atoms with Crippen molar-refractivity contribution < 1.29 is 33.7 Å². The van der Waals surface area contributed by atoms with Crippen molar-refractivity contribution in [1.29, 1.82) is 0 Å². The Balaban J connectivity index is 1.36. The summed E-state index contributed by atoms with van der Waals surface area (Å²) in [5.41, 5.74) is 0.740. The second kappa shape index (κ2) is 8.58. The third-order valence-corrected chi connectivity index (χ3v) is 7.11. The number of rotatable bonds is 6. The van der Waals surface area contributed by atoms with Gasteiger partial charge in [-0.2, -0.15) is 0 Å². The van der Waals surface area contributed by atoms with Gasteiger partial charge in [-0.15, -0.1) is 11.3 Å². The van der Waals surface area contributed by atoms with Crippen LogP contribution in [0.1, 0.15) is 18.7 Å². The summed E-state index contributed by atoms with van der Waals surface area (Å²) < 4.78 is 16.9. The molecule has 1 amide bonds. The van der Waals surface area contributed by atoms with Gasteiger partial charge in [0, 0.05) is 17.7 Å². The number of β-lactam (4-membered cyclic amide) rings is 1. The number of thiazole rings is 1. The Morgan fingerprint density at radius 3 is 2.71 bits per heavy atom. The molecule has 10 nitrogen and oxygen atoms in total. The average molecular weight is 484 g/mol. The third kappa shape index (κ3) is 3.62. The van der Waals surface area contributed by atoms with Gasteiger partial charge in [0.1, 0.15) is 16.3 Å². The molecule has 1 aromatic carbocycles. The maximum atomic E-state index is 13.1. The zero-order valence-corrected chi connectivity index (χ0v) is 19.1. The maximum Gasteiger partial charge on any atom is 0.516 e. The van der Waals surface area contributed by atoms with Crippen molar-refractivity contribution in [3.8, 4) is 5.75 Å². The second-order valence-electron chi connectivity index (χ2n) is 8.11. The van der Waals surface area contributed by atoms with Gasteiger partial charge in [-0.1, -0.05) is 25.1 Å². The van der Waals surface area contributed by atoms with Crippen LogP contribution in [0.4, 0.5) is 4.79 Å². The summed E-state index contributed by atoms with van der Waals surface area (Å²) in [6.45, 7) is 2.80. The number of aliphatic hydroxyl groups excluding tert-OH is 1. The third-order valence-electron chi connectivity index (χ3n) is 6.04. The molecule has 34 heavy (non-hydrogen) atoms. The summed E-state index contributed by atoms with van der Waals surface area (Å²) in [6.07, 6.45) is 3.32. The molecule has 2 aromatic heterocycles. The van der Waals surface area contributed by atoms with E-state index in [2.05, 4.69) is 4.98 Å². The maximum absolute atomic E-state index is 13.1. The van der Waals surface area contributed by atoms with Crippen LogP contribution >= 0.6 is 11.3 Å². The lowest BCUT2D eigenvalue weighted by atomic mass is 9.77. The summed E-state index contributed by atoms with van der Waals surface area (Å²) in [5, 5.41) is 10.1. The van der Waals surface area contributed by atoms with E-state index >= 15 is 0 Å². The number of imidazole rings is 1. The lowest BCUT2D eigenvalue weighted by Gasteiger charge is -2.46. The first-order chi connectivity index (χ1) is 16.4. The van der Waals surface area contributed by atoms with Crippen LogP contribution in [0.3, 0.4) is 0 Å². The highest BCUT2D eigenvalue weighted by atomic mass is 32.1. The first-order valence-electron chi connectivity index (χ1n) is 10.6. The van der Waals surface area contributed by atoms with Crippen LogP contribution in [0.5, 0.6) is 5.75 Å². The van der Waals surface area contributed by atoms with E-state index in [4.69, 9.17) is 14.2 Å². The molecule has 0 aliphatic carbocycles. The summed E-state index contributed by atoms with van der Waals surface area (Å²) in [7, 11) is 0. The van der Waals surface area contributed by atoms with Crippen LogP contribution in [0.2, 0.25) is 0 Å². The van der Waals surface area contributed by atoms with Crippen molar-refractivity contribution >= 4 is 39.8 Å². The average Bonchev–Trinajstić information content (AvgIpc) is 3.45. The van der Waals surface area contributed by atoms with E-state index in [9.17, 15) is 19.5 Å². The number of esters is 1. The van der Waals surface area contributed by atoms with E-state index < -0.39 is 30.9 Å². The Morgan fingerprint density at radius 1 is 1.24 bits per heavy atom. The zero-order chi connectivity index (χ0) is 24.0. The van der Waals surface area contributed by atoms with Gasteiger partial charge in [-0.3, -0.25) is 9.20 Å². The number of carbonyl (C=O) groups excluding carboxylic acids is 3. The summed E-state index contributed by atoms with van der Waals surface area (Å²) in [6, 6.07) is 7.95. The van der Waals surface area contributed by atoms with Gasteiger partial charge in [0.15, 0.2) is 0 Å². The van der Waals surface area contributed by atoms with Crippen LogP contribution in [-0.4, -0.2) is 56.4 Å². The van der Waals surface area contributed by atoms with E-state index in [1.807, 2.05) is 17.5 Å². The standard InChI is InChI=1S/C23H21N3O7S/c1-12-17(15-9-25-10-24-8-16(25)34-15)20(26-19(12)18(13(2)27)21(26)28)22(29)31-11-32-23(30)33-14-6-4-3-5-7-14/h3-10,12-13,18-19,27H,11H2,1-2H3/t12-,13+,18+,19+/m0/s1. The molecule has 0 spiro atoms. The van der Waals surface area contributed by atoms with Gasteiger partial charge >= 0.3 is 12.1 Å². The number of aliphatic hydroxyl groups is 1. The molecule has 0 bridgehead atoms. The largest absolute Gasteiger partial charge is 0.516 e. The highest BCUT2D eigenvalue weighted by molar-refractivity contribution is 7.18. The van der Waals surface area contributed by atoms with Crippen molar-refractivity contribution in [2.45, 2.75) is 26.0 Å². The predicted octanol–water partition coefficient (Wildman–Crippen LogP) is 2.68. The van der Waals surface area contributed by atoms with Gasteiger partial charge in [-0.25, -0.2) is 14.6 Å². The first kappa shape index (κ1) is 22.1. The second-order valence-corrected chi connectivity index (χ2v) is 9.17. The minimum absolute atomic E-state index is 0.0943. The zero-order valence-electron chi connectivity index (χ0n) is 18.3. The van der Waals surface area contributed by atoms with Crippen molar-refractivity contribution in [3.63, 3.8) is 0 Å². The van der Waals surface area contributed by atoms with E-state index in [1.54, 1.807) is 49.8 Å². The van der Waals surface area contributed by atoms with Gasteiger partial charge in [0.25, 0.3) is 0 Å². The fourth-order valence-electron chi connectivity index (χ4n) is 4.56. The molecule has 2 aliphatic rings. The van der Waals surface area contributed by atoms with Gasteiger partial charge in [0.05, 0.1) is 35.5 Å². The fourth-order valence-corrected chi connectivity index (χ4v) is 5.66. The molecule has 5 rings (SSSR count). The van der Waals surface area contributed by atoms with Crippen LogP contribution in [0.15, 0.2) is 54.7 Å². The summed E-state index contributed by atoms with van der Waals surface area (Å²) in [5.74, 6) is -1.69. The van der Waals surface area contributed by atoms with E-state index in [1.165, 1.54) is 16.2 Å². The molecule has 176 valence electrons. The van der Waals surface area contributed by atoms with E-state index in [0.717, 1.165) is 9.71 Å². The minimum Gasteiger partial charge on any atom is -0.423 e. The van der Waals surface area contributed by atoms with Crippen LogP contribution < -0.4 is 4.74 Å². The molecule has 11 heteroatoms. The molecule has 4 atom stereocenters. The smallest absolute Gasteiger partial charge is 0.423 e. The number of para-hydroxylation sites is 1. The van der Waals surface area contributed by atoms with E-state index in [0.29, 0.717) is 5.57 Å². The Labute approximate surface area is 198 Å². The van der Waals surface area contributed by atoms with E-state index in [-0.39, 0.29) is 29.3 Å². The molecular formula is C23H21N3O7S. The predicted molar refractivity (Wildman–Crippen MR) is 119 cm³/mol. The number of hydrogen-bond donors (Lipinski definition) is 1. The number of carbonyl (C=O) groups is 3. The number of hydrogen-bond acceptors (Lipinski definition) is 9. The van der Waals surface area contributed by atoms with Crippen LogP contribution in [-0.2, 0) is 19.1 Å². The number of benzene rings is 1. The highest BCUT2D eigenvalue weighted by Gasteiger charge is 2.60. The number of ether oxygens (including phenoxy) is 3. The first-order valence-corrected chi connectivity index (χ1v) is 11.4. The van der Waals surface area contributed by atoms with Crippen molar-refractivity contribution in [2.24, 2.45) is 11.8 Å². The lowest BCUT2D eigenvalue weighted by Crippen LogP contribution is -2.63. The van der Waals surface area contributed by atoms with Gasteiger partial charge < -0.3 is 24.2 Å². The molecule has 0 radical (unpaired) electrons. The van der Waals surface area contributed by atoms with Gasteiger partial charge in [0.2, 0.25) is 12.7 Å². The molecular weight excluding hydrogens is 462 g/mol. The molecule has 2 aliphatic heterocycles. The highest BCUT2D eigenvalue weighted by Crippen LogP contribution is 2.51. The van der Waals surface area contributed by atoms with Crippen molar-refractivity contribution in [2.75, 3.05) is 6.79 Å². The molecule has 0 unspecified atom stereocenters. The Kier molecular flexibility index (Phi) is 5.58. The molecule has 1 N–H and O–H groups in total.